The third-order valence-corrected chi connectivity index (χ3v) is 4.09. The van der Waals surface area contributed by atoms with Crippen LogP contribution in [0.1, 0.15) is 26.7 Å². The third-order valence-electron chi connectivity index (χ3n) is 3.80. The van der Waals surface area contributed by atoms with Gasteiger partial charge in [-0.25, -0.2) is 4.79 Å². The Morgan fingerprint density at radius 1 is 1.04 bits per heavy atom. The van der Waals surface area contributed by atoms with Crippen LogP contribution in [0.5, 0.6) is 11.5 Å². The lowest BCUT2D eigenvalue weighted by atomic mass is 10.1. The second-order valence-corrected chi connectivity index (χ2v) is 6.12. The Balaban J connectivity index is 1.53. The van der Waals surface area contributed by atoms with Gasteiger partial charge in [-0.1, -0.05) is 29.8 Å². The predicted octanol–water partition coefficient (Wildman–Crippen LogP) is 4.56. The van der Waals surface area contributed by atoms with Gasteiger partial charge >= 0.3 is 5.97 Å². The zero-order chi connectivity index (χ0) is 19.9. The second-order valence-electron chi connectivity index (χ2n) is 5.72. The summed E-state index contributed by atoms with van der Waals surface area (Å²) >= 11 is 6.00. The second kappa shape index (κ2) is 9.10. The van der Waals surface area contributed by atoms with E-state index in [1.165, 1.54) is 19.2 Å². The van der Waals surface area contributed by atoms with E-state index in [1.54, 1.807) is 18.2 Å². The molecule has 2 aromatic carbocycles. The first-order chi connectivity index (χ1) is 13.6. The molecule has 1 heterocycles. The van der Waals surface area contributed by atoms with Crippen molar-refractivity contribution in [2.24, 2.45) is 0 Å². The molecule has 6 nitrogen and oxygen atoms in total. The van der Waals surface area contributed by atoms with E-state index in [2.05, 4.69) is 0 Å². The van der Waals surface area contributed by atoms with Gasteiger partial charge in [0.1, 0.15) is 23.9 Å². The van der Waals surface area contributed by atoms with Gasteiger partial charge in [-0.05, 0) is 42.5 Å². The van der Waals surface area contributed by atoms with Gasteiger partial charge in [0.2, 0.25) is 5.76 Å². The molecule has 0 spiro atoms. The monoisotopic (exact) mass is 400 g/mol. The summed E-state index contributed by atoms with van der Waals surface area (Å²) in [7, 11) is 1.48. The van der Waals surface area contributed by atoms with Gasteiger partial charge in [0.15, 0.2) is 12.4 Å². The summed E-state index contributed by atoms with van der Waals surface area (Å²) < 4.78 is 21.0. The minimum Gasteiger partial charge on any atom is -0.495 e. The molecule has 28 heavy (non-hydrogen) atoms. The van der Waals surface area contributed by atoms with Crippen LogP contribution in [0.25, 0.3) is 0 Å². The SMILES string of the molecule is COc1ccc(C(=O)COC(=O)c2ccc(COc3ccccc3)o2)cc1Cl. The first kappa shape index (κ1) is 19.5. The van der Waals surface area contributed by atoms with E-state index in [1.807, 2.05) is 30.3 Å². The summed E-state index contributed by atoms with van der Waals surface area (Å²) in [5, 5.41) is 0.300. The summed E-state index contributed by atoms with van der Waals surface area (Å²) in [5.74, 6) is 0.468. The van der Waals surface area contributed by atoms with Gasteiger partial charge in [-0.2, -0.15) is 0 Å². The van der Waals surface area contributed by atoms with Crippen molar-refractivity contribution in [2.75, 3.05) is 13.7 Å². The molecule has 3 rings (SSSR count). The lowest BCUT2D eigenvalue weighted by molar-refractivity contribution is 0.0440. The molecule has 0 aliphatic rings. The lowest BCUT2D eigenvalue weighted by Gasteiger charge is -2.06. The molecule has 0 aliphatic heterocycles. The van der Waals surface area contributed by atoms with E-state index in [9.17, 15) is 9.59 Å². The number of ether oxygens (including phenoxy) is 3. The van der Waals surface area contributed by atoms with Crippen molar-refractivity contribution in [1.29, 1.82) is 0 Å². The molecule has 0 saturated heterocycles. The number of methoxy groups -OCH3 is 1. The van der Waals surface area contributed by atoms with Crippen LogP contribution in [0, 0.1) is 0 Å². The van der Waals surface area contributed by atoms with Crippen LogP contribution in [-0.4, -0.2) is 25.5 Å². The maximum atomic E-state index is 12.2. The van der Waals surface area contributed by atoms with E-state index >= 15 is 0 Å². The summed E-state index contributed by atoms with van der Waals surface area (Å²) in [6, 6.07) is 16.9. The van der Waals surface area contributed by atoms with Crippen molar-refractivity contribution in [1.82, 2.24) is 0 Å². The Hall–Kier alpha value is -3.25. The average Bonchev–Trinajstić information content (AvgIpc) is 3.20. The molecule has 3 aromatic rings. The van der Waals surface area contributed by atoms with Crippen molar-refractivity contribution in [3.63, 3.8) is 0 Å². The van der Waals surface area contributed by atoms with E-state index < -0.39 is 18.4 Å². The molecular weight excluding hydrogens is 384 g/mol. The topological polar surface area (TPSA) is 75.0 Å². The average molecular weight is 401 g/mol. The number of ketones is 1. The number of hydrogen-bond donors (Lipinski definition) is 0. The number of benzene rings is 2. The lowest BCUT2D eigenvalue weighted by Crippen LogP contribution is -2.14. The van der Waals surface area contributed by atoms with Crippen LogP contribution >= 0.6 is 11.6 Å². The number of furan rings is 1. The zero-order valence-corrected chi connectivity index (χ0v) is 15.8. The van der Waals surface area contributed by atoms with Gasteiger partial charge in [-0.3, -0.25) is 4.79 Å². The maximum Gasteiger partial charge on any atom is 0.374 e. The maximum absolute atomic E-state index is 12.2. The summed E-state index contributed by atoms with van der Waals surface area (Å²) in [6.07, 6.45) is 0. The van der Waals surface area contributed by atoms with Crippen molar-refractivity contribution in [2.45, 2.75) is 6.61 Å². The number of carbonyl (C=O) groups is 2. The highest BCUT2D eigenvalue weighted by Crippen LogP contribution is 2.25. The Morgan fingerprint density at radius 3 is 2.54 bits per heavy atom. The molecule has 0 N–H and O–H groups in total. The van der Waals surface area contributed by atoms with Crippen molar-refractivity contribution in [3.8, 4) is 11.5 Å². The molecular formula is C21H17ClO6. The molecule has 0 fully saturated rings. The van der Waals surface area contributed by atoms with Crippen molar-refractivity contribution >= 4 is 23.4 Å². The Bertz CT molecular complexity index is 964. The van der Waals surface area contributed by atoms with E-state index in [0.29, 0.717) is 27.8 Å². The minimum absolute atomic E-state index is 0.00720. The van der Waals surface area contributed by atoms with E-state index in [4.69, 9.17) is 30.2 Å². The Morgan fingerprint density at radius 2 is 1.82 bits per heavy atom. The fourth-order valence-corrected chi connectivity index (χ4v) is 2.62. The highest BCUT2D eigenvalue weighted by molar-refractivity contribution is 6.32. The van der Waals surface area contributed by atoms with Crippen molar-refractivity contribution in [3.05, 3.63) is 82.8 Å². The first-order valence-corrected chi connectivity index (χ1v) is 8.75. The van der Waals surface area contributed by atoms with Crippen molar-refractivity contribution < 1.29 is 28.2 Å². The largest absolute Gasteiger partial charge is 0.495 e. The number of carbonyl (C=O) groups excluding carboxylic acids is 2. The summed E-state index contributed by atoms with van der Waals surface area (Å²) in [4.78, 5) is 24.2. The van der Waals surface area contributed by atoms with Gasteiger partial charge < -0.3 is 18.6 Å². The summed E-state index contributed by atoms with van der Waals surface area (Å²) in [5.41, 5.74) is 0.315. The van der Waals surface area contributed by atoms with Crippen LogP contribution in [-0.2, 0) is 11.3 Å². The van der Waals surface area contributed by atoms with E-state index in [-0.39, 0.29) is 12.4 Å². The number of Topliss-reactive ketones (excluding diaryl/α,β-unsaturated/α-hetero) is 1. The highest BCUT2D eigenvalue weighted by atomic mass is 35.5. The molecule has 0 bridgehead atoms. The van der Waals surface area contributed by atoms with Crippen LogP contribution in [0.2, 0.25) is 5.02 Å². The molecule has 1 aromatic heterocycles. The molecule has 0 radical (unpaired) electrons. The fraction of sp³-hybridized carbons (Fsp3) is 0.143. The smallest absolute Gasteiger partial charge is 0.374 e. The molecule has 0 aliphatic carbocycles. The van der Waals surface area contributed by atoms with Gasteiger partial charge in [0, 0.05) is 5.56 Å². The molecule has 0 saturated carbocycles. The number of rotatable bonds is 8. The molecule has 0 amide bonds. The Kier molecular flexibility index (Phi) is 6.34. The quantitative estimate of drug-likeness (QED) is 0.407. The van der Waals surface area contributed by atoms with Gasteiger partial charge in [-0.15, -0.1) is 0 Å². The number of halogens is 1. The molecule has 0 unspecified atom stereocenters. The van der Waals surface area contributed by atoms with Crippen LogP contribution in [0.4, 0.5) is 0 Å². The predicted molar refractivity (Wildman–Crippen MR) is 102 cm³/mol. The standard InChI is InChI=1S/C21H17ClO6/c1-25-19-9-7-14(11-17(19)22)18(23)13-27-21(24)20-10-8-16(28-20)12-26-15-5-3-2-4-6-15/h2-11H,12-13H2,1H3. The minimum atomic E-state index is -0.737. The first-order valence-electron chi connectivity index (χ1n) is 8.37. The van der Waals surface area contributed by atoms with Gasteiger partial charge in [0.05, 0.1) is 12.1 Å². The fourth-order valence-electron chi connectivity index (χ4n) is 2.36. The molecule has 7 heteroatoms. The van der Waals surface area contributed by atoms with Gasteiger partial charge in [0.25, 0.3) is 0 Å². The summed E-state index contributed by atoms with van der Waals surface area (Å²) in [6.45, 7) is -0.265. The number of para-hydroxylation sites is 1. The van der Waals surface area contributed by atoms with Crippen LogP contribution < -0.4 is 9.47 Å². The third kappa shape index (κ3) is 4.92. The Labute approximate surface area is 166 Å². The van der Waals surface area contributed by atoms with E-state index in [0.717, 1.165) is 0 Å². The van der Waals surface area contributed by atoms with Crippen LogP contribution in [0.3, 0.4) is 0 Å². The zero-order valence-electron chi connectivity index (χ0n) is 15.0. The highest BCUT2D eigenvalue weighted by Gasteiger charge is 2.16. The number of hydrogen-bond acceptors (Lipinski definition) is 6. The van der Waals surface area contributed by atoms with Crippen LogP contribution in [0.15, 0.2) is 65.1 Å². The normalized spacial score (nSPS) is 10.4. The molecule has 144 valence electrons. The number of esters is 1. The molecule has 0 atom stereocenters.